The molecule has 0 radical (unpaired) electrons. The van der Waals surface area contributed by atoms with Crippen LogP contribution in [-0.2, 0) is 27.2 Å². The summed E-state index contributed by atoms with van der Waals surface area (Å²) in [7, 11) is 0. The summed E-state index contributed by atoms with van der Waals surface area (Å²) in [6.45, 7) is 4.18. The summed E-state index contributed by atoms with van der Waals surface area (Å²) in [5, 5.41) is 4.12. The number of carbonyl (C=O) groups excluding carboxylic acids is 1. The predicted molar refractivity (Wildman–Crippen MR) is 112 cm³/mol. The Kier molecular flexibility index (Phi) is 8.10. The van der Waals surface area contributed by atoms with Crippen LogP contribution in [0.2, 0.25) is 0 Å². The van der Waals surface area contributed by atoms with Gasteiger partial charge in [0, 0.05) is 13.1 Å². The largest absolute Gasteiger partial charge is 0.484 e. The van der Waals surface area contributed by atoms with Crippen molar-refractivity contribution in [3.63, 3.8) is 0 Å². The fourth-order valence-electron chi connectivity index (χ4n) is 3.09. The number of morpholine rings is 1. The first kappa shape index (κ1) is 23.6. The molecule has 1 aliphatic rings. The van der Waals surface area contributed by atoms with Gasteiger partial charge in [-0.2, -0.15) is 13.2 Å². The average molecular weight is 450 g/mol. The normalized spacial score (nSPS) is 14.9. The van der Waals surface area contributed by atoms with Crippen molar-refractivity contribution in [2.24, 2.45) is 5.16 Å². The highest BCUT2D eigenvalue weighted by atomic mass is 19.4. The number of rotatable bonds is 8. The van der Waals surface area contributed by atoms with Crippen LogP contribution in [-0.4, -0.2) is 49.4 Å². The molecular weight excluding hydrogens is 425 g/mol. The third kappa shape index (κ3) is 6.71. The number of amides is 1. The van der Waals surface area contributed by atoms with Crippen LogP contribution in [0.4, 0.5) is 13.2 Å². The Labute approximate surface area is 184 Å². The highest BCUT2D eigenvalue weighted by molar-refractivity contribution is 6.00. The zero-order chi connectivity index (χ0) is 23.0. The van der Waals surface area contributed by atoms with Crippen molar-refractivity contribution >= 4 is 11.6 Å². The standard InChI is InChI=1S/C23H25F3N2O4/c1-2-21(27-32-15-17-3-7-19(8-4-17)23(24,25)26)18-5-9-20(10-6-18)31-16-22(29)28-11-13-30-14-12-28/h3-10H,2,11-16H2,1H3/b27-21+. The van der Waals surface area contributed by atoms with E-state index >= 15 is 0 Å². The molecule has 2 aromatic rings. The van der Waals surface area contributed by atoms with E-state index in [2.05, 4.69) is 5.16 Å². The van der Waals surface area contributed by atoms with E-state index in [-0.39, 0.29) is 19.1 Å². The maximum atomic E-state index is 12.6. The highest BCUT2D eigenvalue weighted by Gasteiger charge is 2.29. The minimum absolute atomic E-state index is 0.0374. The number of nitrogens with zero attached hydrogens (tertiary/aromatic N) is 2. The van der Waals surface area contributed by atoms with Crippen molar-refractivity contribution in [3.05, 3.63) is 65.2 Å². The van der Waals surface area contributed by atoms with Crippen LogP contribution in [0, 0.1) is 0 Å². The van der Waals surface area contributed by atoms with Gasteiger partial charge in [0.2, 0.25) is 0 Å². The number of alkyl halides is 3. The van der Waals surface area contributed by atoms with Crippen molar-refractivity contribution in [1.29, 1.82) is 0 Å². The predicted octanol–water partition coefficient (Wildman–Crippen LogP) is 4.27. The summed E-state index contributed by atoms with van der Waals surface area (Å²) in [5.74, 6) is 0.487. The number of carbonyl (C=O) groups is 1. The first-order chi connectivity index (χ1) is 15.4. The van der Waals surface area contributed by atoms with Gasteiger partial charge in [-0.1, -0.05) is 24.2 Å². The molecule has 32 heavy (non-hydrogen) atoms. The van der Waals surface area contributed by atoms with E-state index in [1.165, 1.54) is 12.1 Å². The van der Waals surface area contributed by atoms with Crippen LogP contribution in [0.25, 0.3) is 0 Å². The van der Waals surface area contributed by atoms with Crippen molar-refractivity contribution < 1.29 is 32.3 Å². The Hall–Kier alpha value is -3.07. The Morgan fingerprint density at radius 3 is 2.31 bits per heavy atom. The van der Waals surface area contributed by atoms with E-state index in [0.29, 0.717) is 49.7 Å². The molecule has 0 unspecified atom stereocenters. The molecule has 0 aromatic heterocycles. The fraction of sp³-hybridized carbons (Fsp3) is 0.391. The number of halogens is 3. The second-order valence-corrected chi connectivity index (χ2v) is 7.17. The fourth-order valence-corrected chi connectivity index (χ4v) is 3.09. The summed E-state index contributed by atoms with van der Waals surface area (Å²) >= 11 is 0. The molecule has 1 fully saturated rings. The third-order valence-electron chi connectivity index (χ3n) is 4.94. The van der Waals surface area contributed by atoms with Crippen LogP contribution < -0.4 is 4.74 Å². The van der Waals surface area contributed by atoms with Gasteiger partial charge in [0.05, 0.1) is 24.5 Å². The number of hydrogen-bond donors (Lipinski definition) is 0. The summed E-state index contributed by atoms with van der Waals surface area (Å²) in [5.41, 5.74) is 1.40. The zero-order valence-electron chi connectivity index (χ0n) is 17.7. The van der Waals surface area contributed by atoms with Crippen molar-refractivity contribution in [2.45, 2.75) is 26.1 Å². The van der Waals surface area contributed by atoms with E-state index in [1.807, 2.05) is 19.1 Å². The lowest BCUT2D eigenvalue weighted by Crippen LogP contribution is -2.42. The summed E-state index contributed by atoms with van der Waals surface area (Å²) in [6.07, 6.45) is -3.76. The van der Waals surface area contributed by atoms with Crippen molar-refractivity contribution in [2.75, 3.05) is 32.9 Å². The van der Waals surface area contributed by atoms with Gasteiger partial charge in [0.15, 0.2) is 6.61 Å². The Morgan fingerprint density at radius 2 is 1.72 bits per heavy atom. The molecule has 1 heterocycles. The molecule has 1 aliphatic heterocycles. The maximum absolute atomic E-state index is 12.6. The van der Waals surface area contributed by atoms with Crippen LogP contribution >= 0.6 is 0 Å². The molecule has 6 nitrogen and oxygen atoms in total. The molecule has 1 saturated heterocycles. The molecule has 0 spiro atoms. The molecule has 2 aromatic carbocycles. The van der Waals surface area contributed by atoms with Gasteiger partial charge in [0.1, 0.15) is 12.4 Å². The van der Waals surface area contributed by atoms with E-state index in [4.69, 9.17) is 14.3 Å². The molecule has 172 valence electrons. The monoisotopic (exact) mass is 450 g/mol. The zero-order valence-corrected chi connectivity index (χ0v) is 17.7. The number of hydrogen-bond acceptors (Lipinski definition) is 5. The van der Waals surface area contributed by atoms with Gasteiger partial charge < -0.3 is 19.2 Å². The van der Waals surface area contributed by atoms with Crippen molar-refractivity contribution in [1.82, 2.24) is 4.90 Å². The molecule has 1 amide bonds. The Balaban J connectivity index is 1.51. The SMILES string of the molecule is CC/C(=N\OCc1ccc(C(F)(F)F)cc1)c1ccc(OCC(=O)N2CCOCC2)cc1. The average Bonchev–Trinajstić information content (AvgIpc) is 2.81. The van der Waals surface area contributed by atoms with Gasteiger partial charge in [-0.05, 0) is 53.9 Å². The Bertz CT molecular complexity index is 906. The molecular formula is C23H25F3N2O4. The smallest absolute Gasteiger partial charge is 0.416 e. The highest BCUT2D eigenvalue weighted by Crippen LogP contribution is 2.29. The minimum Gasteiger partial charge on any atom is -0.484 e. The molecule has 0 aliphatic carbocycles. The maximum Gasteiger partial charge on any atom is 0.416 e. The minimum atomic E-state index is -4.36. The number of benzene rings is 2. The van der Waals surface area contributed by atoms with Gasteiger partial charge in [-0.15, -0.1) is 0 Å². The molecule has 0 saturated carbocycles. The Morgan fingerprint density at radius 1 is 1.06 bits per heavy atom. The molecule has 0 bridgehead atoms. The molecule has 3 rings (SSSR count). The lowest BCUT2D eigenvalue weighted by molar-refractivity contribution is -0.138. The molecule has 9 heteroatoms. The molecule has 0 N–H and O–H groups in total. The van der Waals surface area contributed by atoms with E-state index in [0.717, 1.165) is 17.7 Å². The van der Waals surface area contributed by atoms with Crippen molar-refractivity contribution in [3.8, 4) is 5.75 Å². The third-order valence-corrected chi connectivity index (χ3v) is 4.94. The van der Waals surface area contributed by atoms with Gasteiger partial charge in [0.25, 0.3) is 5.91 Å². The quantitative estimate of drug-likeness (QED) is 0.445. The number of oxime groups is 1. The van der Waals surface area contributed by atoms with Gasteiger partial charge in [-0.25, -0.2) is 0 Å². The summed E-state index contributed by atoms with van der Waals surface area (Å²) in [6, 6.07) is 11.9. The summed E-state index contributed by atoms with van der Waals surface area (Å²) in [4.78, 5) is 19.2. The lowest BCUT2D eigenvalue weighted by atomic mass is 10.1. The van der Waals surface area contributed by atoms with E-state index in [1.54, 1.807) is 17.0 Å². The van der Waals surface area contributed by atoms with Crippen LogP contribution in [0.1, 0.15) is 30.0 Å². The second-order valence-electron chi connectivity index (χ2n) is 7.17. The topological polar surface area (TPSA) is 60.4 Å². The van der Waals surface area contributed by atoms with E-state index in [9.17, 15) is 18.0 Å². The number of ether oxygens (including phenoxy) is 2. The lowest BCUT2D eigenvalue weighted by Gasteiger charge is -2.26. The van der Waals surface area contributed by atoms with E-state index < -0.39 is 11.7 Å². The first-order valence-electron chi connectivity index (χ1n) is 10.3. The molecule has 0 atom stereocenters. The van der Waals surface area contributed by atoms with Crippen LogP contribution in [0.15, 0.2) is 53.7 Å². The van der Waals surface area contributed by atoms with Crippen LogP contribution in [0.3, 0.4) is 0 Å². The van der Waals surface area contributed by atoms with Gasteiger partial charge >= 0.3 is 6.18 Å². The van der Waals surface area contributed by atoms with Gasteiger partial charge in [-0.3, -0.25) is 4.79 Å². The van der Waals surface area contributed by atoms with Crippen LogP contribution in [0.5, 0.6) is 5.75 Å². The first-order valence-corrected chi connectivity index (χ1v) is 10.3. The second kappa shape index (κ2) is 11.0. The summed E-state index contributed by atoms with van der Waals surface area (Å²) < 4.78 is 48.7.